The van der Waals surface area contributed by atoms with Crippen molar-refractivity contribution in [2.45, 2.75) is 0 Å². The summed E-state index contributed by atoms with van der Waals surface area (Å²) in [7, 11) is 0. The number of nitro groups is 1. The molecule has 2 N–H and O–H groups in total. The van der Waals surface area contributed by atoms with Crippen molar-refractivity contribution < 1.29 is 13.7 Å². The zero-order valence-corrected chi connectivity index (χ0v) is 8.21. The molecule has 0 aliphatic rings. The van der Waals surface area contributed by atoms with Crippen molar-refractivity contribution in [2.75, 3.05) is 5.73 Å². The number of halogens is 3. The maximum atomic E-state index is 13.0. The Morgan fingerprint density at radius 2 is 2.08 bits per heavy atom. The molecule has 7 heteroatoms. The quantitative estimate of drug-likeness (QED) is 0.284. The van der Waals surface area contributed by atoms with Gasteiger partial charge in [0.05, 0.1) is 8.49 Å². The maximum absolute atomic E-state index is 13.0. The Morgan fingerprint density at radius 3 is 2.54 bits per heavy atom. The van der Waals surface area contributed by atoms with Crippen LogP contribution in [0.15, 0.2) is 6.07 Å². The summed E-state index contributed by atoms with van der Waals surface area (Å²) in [5.41, 5.74) is 3.67. The summed E-state index contributed by atoms with van der Waals surface area (Å²) in [5.74, 6) is -2.13. The van der Waals surface area contributed by atoms with Crippen LogP contribution in [0.5, 0.6) is 0 Å². The van der Waals surface area contributed by atoms with Crippen molar-refractivity contribution in [1.29, 1.82) is 0 Å². The van der Waals surface area contributed by atoms with Crippen LogP contribution < -0.4 is 5.73 Å². The Bertz CT molecular complexity index is 383. The van der Waals surface area contributed by atoms with Gasteiger partial charge in [-0.25, -0.2) is 4.39 Å². The molecule has 13 heavy (non-hydrogen) atoms. The number of nitrogens with two attached hydrogens (primary N) is 1. The lowest BCUT2D eigenvalue weighted by Crippen LogP contribution is -2.02. The predicted molar refractivity (Wildman–Crippen MR) is 50.1 cm³/mol. The Balaban J connectivity index is 3.53. The molecule has 1 rings (SSSR count). The molecule has 1 aromatic rings. The minimum Gasteiger partial charge on any atom is -0.393 e. The summed E-state index contributed by atoms with van der Waals surface area (Å²) in [4.78, 5) is 9.29. The first-order valence-electron chi connectivity index (χ1n) is 3.02. The number of nitrogens with zero attached hydrogens (tertiary/aromatic N) is 1. The number of nitro benzene ring substituents is 1. The standard InChI is InChI=1S/C6H3F2IN2O2/c7-2-1-3(10)6(11(12)13)4(8)5(2)9/h1H,10H2. The summed E-state index contributed by atoms with van der Waals surface area (Å²) >= 11 is 1.33. The lowest BCUT2D eigenvalue weighted by Gasteiger charge is -2.01. The molecule has 0 heterocycles. The van der Waals surface area contributed by atoms with Gasteiger partial charge in [0.1, 0.15) is 11.5 Å². The van der Waals surface area contributed by atoms with Crippen LogP contribution in [0.2, 0.25) is 0 Å². The Labute approximate surface area is 85.0 Å². The third-order valence-electron chi connectivity index (χ3n) is 1.35. The molecule has 70 valence electrons. The average Bonchev–Trinajstić information content (AvgIpc) is 1.99. The van der Waals surface area contributed by atoms with E-state index in [1.807, 2.05) is 0 Å². The number of rotatable bonds is 1. The van der Waals surface area contributed by atoms with Crippen molar-refractivity contribution in [3.8, 4) is 0 Å². The Kier molecular flexibility index (Phi) is 2.64. The fourth-order valence-corrected chi connectivity index (χ4v) is 1.20. The third-order valence-corrected chi connectivity index (χ3v) is 2.34. The molecule has 0 amide bonds. The molecule has 4 nitrogen and oxygen atoms in total. The summed E-state index contributed by atoms with van der Waals surface area (Å²) in [6.07, 6.45) is 0. The normalized spacial score (nSPS) is 10.1. The van der Waals surface area contributed by atoms with E-state index in [4.69, 9.17) is 5.73 Å². The van der Waals surface area contributed by atoms with E-state index in [-0.39, 0.29) is 0 Å². The zero-order valence-electron chi connectivity index (χ0n) is 6.05. The number of nitrogen functional groups attached to an aromatic ring is 1. The van der Waals surface area contributed by atoms with E-state index in [2.05, 4.69) is 0 Å². The second kappa shape index (κ2) is 3.40. The van der Waals surface area contributed by atoms with Gasteiger partial charge in [-0.05, 0) is 22.6 Å². The highest BCUT2D eigenvalue weighted by Gasteiger charge is 2.24. The smallest absolute Gasteiger partial charge is 0.328 e. The number of hydrogen-bond acceptors (Lipinski definition) is 3. The number of hydrogen-bond donors (Lipinski definition) is 1. The molecule has 0 bridgehead atoms. The van der Waals surface area contributed by atoms with Gasteiger partial charge in [-0.15, -0.1) is 0 Å². The molecule has 0 unspecified atom stereocenters. The van der Waals surface area contributed by atoms with Crippen LogP contribution in [0, 0.1) is 25.3 Å². The van der Waals surface area contributed by atoms with Gasteiger partial charge in [-0.1, -0.05) is 0 Å². The third kappa shape index (κ3) is 1.69. The number of anilines is 1. The Morgan fingerprint density at radius 1 is 1.54 bits per heavy atom. The molecular formula is C6H3F2IN2O2. The van der Waals surface area contributed by atoms with E-state index in [0.717, 1.165) is 6.07 Å². The van der Waals surface area contributed by atoms with Crippen LogP contribution in [0.25, 0.3) is 0 Å². The van der Waals surface area contributed by atoms with Crippen molar-refractivity contribution in [2.24, 2.45) is 0 Å². The molecule has 0 aromatic heterocycles. The highest BCUT2D eigenvalue weighted by atomic mass is 127. The van der Waals surface area contributed by atoms with Crippen LogP contribution >= 0.6 is 22.6 Å². The van der Waals surface area contributed by atoms with Gasteiger partial charge in [0.15, 0.2) is 0 Å². The maximum Gasteiger partial charge on any atom is 0.328 e. The van der Waals surface area contributed by atoms with E-state index in [9.17, 15) is 18.9 Å². The monoisotopic (exact) mass is 300 g/mol. The van der Waals surface area contributed by atoms with Gasteiger partial charge in [-0.3, -0.25) is 10.1 Å². The van der Waals surface area contributed by atoms with Crippen LogP contribution in [0.3, 0.4) is 0 Å². The predicted octanol–water partition coefficient (Wildman–Crippen LogP) is 2.06. The van der Waals surface area contributed by atoms with Gasteiger partial charge in [0, 0.05) is 6.07 Å². The van der Waals surface area contributed by atoms with Gasteiger partial charge in [0.25, 0.3) is 0 Å². The van der Waals surface area contributed by atoms with E-state index in [1.165, 1.54) is 22.6 Å². The van der Waals surface area contributed by atoms with Gasteiger partial charge in [-0.2, -0.15) is 4.39 Å². The molecule has 0 saturated heterocycles. The fraction of sp³-hybridized carbons (Fsp3) is 0. The van der Waals surface area contributed by atoms with Crippen LogP contribution in [-0.2, 0) is 0 Å². The zero-order chi connectivity index (χ0) is 10.2. The van der Waals surface area contributed by atoms with E-state index in [1.54, 1.807) is 0 Å². The highest BCUT2D eigenvalue weighted by molar-refractivity contribution is 14.1. The van der Waals surface area contributed by atoms with Crippen molar-refractivity contribution in [1.82, 2.24) is 0 Å². The molecule has 0 radical (unpaired) electrons. The minimum absolute atomic E-state index is 0.432. The van der Waals surface area contributed by atoms with E-state index >= 15 is 0 Å². The van der Waals surface area contributed by atoms with Gasteiger partial charge in [0.2, 0.25) is 5.82 Å². The highest BCUT2D eigenvalue weighted by Crippen LogP contribution is 2.30. The fourth-order valence-electron chi connectivity index (χ4n) is 0.789. The summed E-state index contributed by atoms with van der Waals surface area (Å²) in [5, 5.41) is 10.3. The Hall–Kier alpha value is -0.990. The molecule has 1 aromatic carbocycles. The molecule has 0 atom stereocenters. The largest absolute Gasteiger partial charge is 0.393 e. The molecule has 0 aliphatic carbocycles. The lowest BCUT2D eigenvalue weighted by atomic mass is 10.2. The van der Waals surface area contributed by atoms with Crippen LogP contribution in [0.4, 0.5) is 20.2 Å². The average molecular weight is 300 g/mol. The first-order chi connectivity index (χ1) is 5.95. The molecule has 0 fully saturated rings. The first-order valence-corrected chi connectivity index (χ1v) is 4.10. The summed E-state index contributed by atoms with van der Waals surface area (Å²) in [6.45, 7) is 0. The SMILES string of the molecule is Nc1cc(F)c(I)c(F)c1[N+](=O)[O-]. The summed E-state index contributed by atoms with van der Waals surface area (Å²) in [6, 6.07) is 0.725. The number of benzene rings is 1. The second-order valence-electron chi connectivity index (χ2n) is 2.18. The molecule has 0 spiro atoms. The topological polar surface area (TPSA) is 69.2 Å². The first kappa shape index (κ1) is 10.1. The van der Waals surface area contributed by atoms with E-state index < -0.39 is 31.5 Å². The van der Waals surface area contributed by atoms with Crippen molar-refractivity contribution >= 4 is 34.0 Å². The van der Waals surface area contributed by atoms with Crippen molar-refractivity contribution in [3.63, 3.8) is 0 Å². The minimum atomic E-state index is -1.23. The molecular weight excluding hydrogens is 297 g/mol. The molecule has 0 saturated carbocycles. The second-order valence-corrected chi connectivity index (χ2v) is 3.26. The van der Waals surface area contributed by atoms with Gasteiger partial charge >= 0.3 is 5.69 Å². The summed E-state index contributed by atoms with van der Waals surface area (Å²) < 4.78 is 25.3. The van der Waals surface area contributed by atoms with Crippen LogP contribution in [-0.4, -0.2) is 4.92 Å². The van der Waals surface area contributed by atoms with E-state index in [0.29, 0.717) is 0 Å². The van der Waals surface area contributed by atoms with Crippen LogP contribution in [0.1, 0.15) is 0 Å². The van der Waals surface area contributed by atoms with Crippen molar-refractivity contribution in [3.05, 3.63) is 31.4 Å². The molecule has 0 aliphatic heterocycles. The van der Waals surface area contributed by atoms with Gasteiger partial charge < -0.3 is 5.73 Å². The lowest BCUT2D eigenvalue weighted by molar-refractivity contribution is -0.386.